The Bertz CT molecular complexity index is 232. The molecule has 78 valence electrons. The lowest BCUT2D eigenvalue weighted by atomic mass is 10.0. The Morgan fingerprint density at radius 1 is 1.38 bits per heavy atom. The Kier molecular flexibility index (Phi) is 4.11. The van der Waals surface area contributed by atoms with Gasteiger partial charge in [-0.3, -0.25) is 0 Å². The van der Waals surface area contributed by atoms with Gasteiger partial charge in [0.2, 0.25) is 0 Å². The van der Waals surface area contributed by atoms with Gasteiger partial charge >= 0.3 is 0 Å². The summed E-state index contributed by atoms with van der Waals surface area (Å²) in [5.41, 5.74) is 0. The summed E-state index contributed by atoms with van der Waals surface area (Å²) in [6.45, 7) is 2.48. The van der Waals surface area contributed by atoms with Crippen LogP contribution < -0.4 is 15.2 Å². The first-order valence-electron chi connectivity index (χ1n) is 4.56. The second kappa shape index (κ2) is 4.90. The molecule has 0 saturated carbocycles. The predicted octanol–water partition coefficient (Wildman–Crippen LogP) is -0.831. The van der Waals surface area contributed by atoms with Crippen LogP contribution in [0.25, 0.3) is 0 Å². The third-order valence-corrected chi connectivity index (χ3v) is 2.84. The van der Waals surface area contributed by atoms with Gasteiger partial charge < -0.3 is 5.32 Å². The molecule has 1 saturated heterocycles. The minimum atomic E-state index is -3.51. The summed E-state index contributed by atoms with van der Waals surface area (Å²) in [5.74, 6) is 0.424. The zero-order valence-electron chi connectivity index (χ0n) is 7.62. The Morgan fingerprint density at radius 3 is 2.85 bits per heavy atom. The van der Waals surface area contributed by atoms with Crippen LogP contribution in [-0.4, -0.2) is 28.1 Å². The number of nitrogens with two attached hydrogens (primary N) is 1. The lowest BCUT2D eigenvalue weighted by Gasteiger charge is -2.12. The standard InChI is InChI=1S/C7H17N3O2S/c8-13(11,12)10-6-7-2-1-4-9-5-3-7/h7,9-10H,1-6H2,(H2,8,11,12). The Labute approximate surface area is 79.3 Å². The zero-order chi connectivity index (χ0) is 9.73. The Hall–Kier alpha value is -0.170. The second-order valence-electron chi connectivity index (χ2n) is 3.44. The first-order valence-corrected chi connectivity index (χ1v) is 6.10. The van der Waals surface area contributed by atoms with E-state index in [1.807, 2.05) is 0 Å². The lowest BCUT2D eigenvalue weighted by Crippen LogP contribution is -2.34. The van der Waals surface area contributed by atoms with Crippen LogP contribution in [0.3, 0.4) is 0 Å². The van der Waals surface area contributed by atoms with Gasteiger partial charge in [0.25, 0.3) is 10.2 Å². The van der Waals surface area contributed by atoms with E-state index in [1.54, 1.807) is 0 Å². The molecule has 0 aromatic rings. The largest absolute Gasteiger partial charge is 0.317 e. The van der Waals surface area contributed by atoms with Gasteiger partial charge in [0.15, 0.2) is 0 Å². The molecule has 1 heterocycles. The molecule has 0 aromatic heterocycles. The summed E-state index contributed by atoms with van der Waals surface area (Å²) < 4.78 is 23.6. The average molecular weight is 207 g/mol. The molecule has 1 aliphatic heterocycles. The summed E-state index contributed by atoms with van der Waals surface area (Å²) in [7, 11) is -3.51. The molecular formula is C7H17N3O2S. The lowest BCUT2D eigenvalue weighted by molar-refractivity contribution is 0.462. The summed E-state index contributed by atoms with van der Waals surface area (Å²) in [6.07, 6.45) is 3.19. The molecule has 0 aliphatic carbocycles. The van der Waals surface area contributed by atoms with Crippen molar-refractivity contribution in [1.82, 2.24) is 10.0 Å². The van der Waals surface area contributed by atoms with Gasteiger partial charge in [0, 0.05) is 6.54 Å². The Morgan fingerprint density at radius 2 is 2.15 bits per heavy atom. The molecule has 1 unspecified atom stereocenters. The number of rotatable bonds is 3. The number of hydrogen-bond acceptors (Lipinski definition) is 3. The highest BCUT2D eigenvalue weighted by Crippen LogP contribution is 2.11. The highest BCUT2D eigenvalue weighted by atomic mass is 32.2. The maximum absolute atomic E-state index is 10.6. The normalized spacial score (nSPS) is 25.5. The predicted molar refractivity (Wildman–Crippen MR) is 51.3 cm³/mol. The van der Waals surface area contributed by atoms with Crippen LogP contribution in [0.5, 0.6) is 0 Å². The molecule has 1 atom stereocenters. The third-order valence-electron chi connectivity index (χ3n) is 2.27. The van der Waals surface area contributed by atoms with Crippen molar-refractivity contribution in [2.75, 3.05) is 19.6 Å². The molecule has 0 bridgehead atoms. The van der Waals surface area contributed by atoms with Crippen LogP contribution >= 0.6 is 0 Å². The summed E-state index contributed by atoms with van der Waals surface area (Å²) in [6, 6.07) is 0. The zero-order valence-corrected chi connectivity index (χ0v) is 8.44. The molecule has 4 N–H and O–H groups in total. The molecule has 0 aromatic carbocycles. The van der Waals surface area contributed by atoms with Gasteiger partial charge in [-0.05, 0) is 38.3 Å². The van der Waals surface area contributed by atoms with E-state index in [2.05, 4.69) is 10.0 Å². The first-order chi connectivity index (χ1) is 6.08. The van der Waals surface area contributed by atoms with Crippen molar-refractivity contribution in [2.45, 2.75) is 19.3 Å². The van der Waals surface area contributed by atoms with Crippen molar-refractivity contribution in [3.63, 3.8) is 0 Å². The molecule has 0 spiro atoms. The highest BCUT2D eigenvalue weighted by Gasteiger charge is 2.13. The van der Waals surface area contributed by atoms with E-state index in [0.717, 1.165) is 32.4 Å². The van der Waals surface area contributed by atoms with E-state index in [-0.39, 0.29) is 0 Å². The fourth-order valence-electron chi connectivity index (χ4n) is 1.53. The van der Waals surface area contributed by atoms with Crippen molar-refractivity contribution in [3.05, 3.63) is 0 Å². The average Bonchev–Trinajstić information content (AvgIpc) is 2.26. The van der Waals surface area contributed by atoms with Crippen molar-refractivity contribution < 1.29 is 8.42 Å². The molecule has 0 radical (unpaired) electrons. The maximum Gasteiger partial charge on any atom is 0.274 e. The first kappa shape index (κ1) is 10.9. The fraction of sp³-hybridized carbons (Fsp3) is 1.00. The fourth-order valence-corrected chi connectivity index (χ4v) is 2.00. The van der Waals surface area contributed by atoms with E-state index in [9.17, 15) is 8.42 Å². The summed E-state index contributed by atoms with van der Waals surface area (Å²) in [4.78, 5) is 0. The maximum atomic E-state index is 10.6. The quantitative estimate of drug-likeness (QED) is 0.564. The van der Waals surface area contributed by atoms with Gasteiger partial charge in [-0.1, -0.05) is 0 Å². The van der Waals surface area contributed by atoms with Gasteiger partial charge in [-0.2, -0.15) is 8.42 Å². The SMILES string of the molecule is NS(=O)(=O)NCC1CCCNCC1. The van der Waals surface area contributed by atoms with Crippen LogP contribution in [0.1, 0.15) is 19.3 Å². The molecule has 5 nitrogen and oxygen atoms in total. The highest BCUT2D eigenvalue weighted by molar-refractivity contribution is 7.87. The van der Waals surface area contributed by atoms with Crippen molar-refractivity contribution in [1.29, 1.82) is 0 Å². The van der Waals surface area contributed by atoms with Crippen molar-refractivity contribution in [3.8, 4) is 0 Å². The van der Waals surface area contributed by atoms with E-state index in [4.69, 9.17) is 5.14 Å². The van der Waals surface area contributed by atoms with Gasteiger partial charge in [-0.15, -0.1) is 0 Å². The van der Waals surface area contributed by atoms with E-state index in [1.165, 1.54) is 0 Å². The van der Waals surface area contributed by atoms with Gasteiger partial charge in [-0.25, -0.2) is 9.86 Å². The molecule has 6 heteroatoms. The van der Waals surface area contributed by atoms with Crippen molar-refractivity contribution >= 4 is 10.2 Å². The molecule has 1 fully saturated rings. The topological polar surface area (TPSA) is 84.2 Å². The van der Waals surface area contributed by atoms with Crippen LogP contribution in [0.4, 0.5) is 0 Å². The minimum Gasteiger partial charge on any atom is -0.317 e. The summed E-state index contributed by atoms with van der Waals surface area (Å²) >= 11 is 0. The third kappa shape index (κ3) is 5.20. The summed E-state index contributed by atoms with van der Waals surface area (Å²) in [5, 5.41) is 8.10. The molecule has 13 heavy (non-hydrogen) atoms. The number of hydrogen-bond donors (Lipinski definition) is 3. The second-order valence-corrected chi connectivity index (χ2v) is 4.82. The van der Waals surface area contributed by atoms with Crippen LogP contribution in [0, 0.1) is 5.92 Å². The molecular weight excluding hydrogens is 190 g/mol. The van der Waals surface area contributed by atoms with E-state index in [0.29, 0.717) is 12.5 Å². The smallest absolute Gasteiger partial charge is 0.274 e. The Balaban J connectivity index is 2.27. The van der Waals surface area contributed by atoms with Crippen molar-refractivity contribution in [2.24, 2.45) is 11.1 Å². The minimum absolute atomic E-state index is 0.424. The number of nitrogens with one attached hydrogen (secondary N) is 2. The molecule has 1 aliphatic rings. The van der Waals surface area contributed by atoms with Gasteiger partial charge in [0.05, 0.1) is 0 Å². The van der Waals surface area contributed by atoms with Gasteiger partial charge in [0.1, 0.15) is 0 Å². The molecule has 0 amide bonds. The van der Waals surface area contributed by atoms with Crippen LogP contribution in [0.2, 0.25) is 0 Å². The van der Waals surface area contributed by atoms with Crippen LogP contribution in [0.15, 0.2) is 0 Å². The van der Waals surface area contributed by atoms with Crippen LogP contribution in [-0.2, 0) is 10.2 Å². The molecule has 1 rings (SSSR count). The monoisotopic (exact) mass is 207 g/mol. The van der Waals surface area contributed by atoms with E-state index < -0.39 is 10.2 Å². The van der Waals surface area contributed by atoms with E-state index >= 15 is 0 Å².